The van der Waals surface area contributed by atoms with Crippen LogP contribution in [0.25, 0.3) is 78.6 Å². The third-order valence-corrected chi connectivity index (χ3v) is 8.53. The van der Waals surface area contributed by atoms with Gasteiger partial charge in [0.15, 0.2) is 5.82 Å². The van der Waals surface area contributed by atoms with Crippen molar-refractivity contribution in [3.05, 3.63) is 164 Å². The normalized spacial score (nSPS) is 11.2. The van der Waals surface area contributed by atoms with E-state index in [2.05, 4.69) is 130 Å². The number of rotatable bonds is 5. The summed E-state index contributed by atoms with van der Waals surface area (Å²) in [5.74, 6) is 1.61. The fourth-order valence-electron chi connectivity index (χ4n) is 6.36. The molecule has 0 atom stereocenters. The first-order chi connectivity index (χ1) is 22.8. The number of benzene rings is 6. The Hall–Kier alpha value is -6.27. The van der Waals surface area contributed by atoms with Crippen LogP contribution in [0.15, 0.2) is 164 Å². The Balaban J connectivity index is 0.00000324. The van der Waals surface area contributed by atoms with Crippen molar-refractivity contribution in [1.29, 1.82) is 0 Å². The zero-order valence-corrected chi connectivity index (χ0v) is 25.4. The van der Waals surface area contributed by atoms with E-state index in [0.717, 1.165) is 72.7 Å². The Morgan fingerprint density at radius 3 is 1.70 bits per heavy atom. The zero-order valence-electron chi connectivity index (χ0n) is 25.4. The first kappa shape index (κ1) is 28.2. The highest BCUT2D eigenvalue weighted by molar-refractivity contribution is 5.92. The van der Waals surface area contributed by atoms with E-state index in [1.54, 1.807) is 0 Å². The van der Waals surface area contributed by atoms with Gasteiger partial charge >= 0.3 is 0 Å². The Kier molecular flexibility index (Phi) is 6.96. The van der Waals surface area contributed by atoms with Crippen LogP contribution in [0.3, 0.4) is 0 Å². The lowest BCUT2D eigenvalue weighted by Gasteiger charge is -2.11. The molecule has 0 bridgehead atoms. The number of fused-ring (bicyclic) bond motifs is 5. The van der Waals surface area contributed by atoms with Crippen molar-refractivity contribution >= 4 is 36.3 Å². The van der Waals surface area contributed by atoms with Crippen molar-refractivity contribution in [2.24, 2.45) is 0 Å². The monoisotopic (exact) mass is 600 g/mol. The number of hydrogen-bond acceptors (Lipinski definition) is 3. The molecular weight excluding hydrogens is 573 g/mol. The number of imidazole rings is 2. The fourth-order valence-corrected chi connectivity index (χ4v) is 6.36. The summed E-state index contributed by atoms with van der Waals surface area (Å²) < 4.78 is 4.51. The van der Waals surface area contributed by atoms with Gasteiger partial charge in [0.05, 0.1) is 33.5 Å². The fraction of sp³-hybridized carbons (Fsp3) is 0. The van der Waals surface area contributed by atoms with E-state index in [-0.39, 0.29) is 8.41 Å². The largest absolute Gasteiger partial charge is 0.278 e. The van der Waals surface area contributed by atoms with Gasteiger partial charge in [0, 0.05) is 30.8 Å². The molecule has 0 N–H and O–H groups in total. The van der Waals surface area contributed by atoms with Crippen LogP contribution in [0.2, 0.25) is 0 Å². The van der Waals surface area contributed by atoms with Crippen LogP contribution in [0.1, 0.15) is 0 Å². The topological polar surface area (TPSA) is 48.0 Å². The van der Waals surface area contributed by atoms with Gasteiger partial charge in [-0.3, -0.25) is 8.97 Å². The molecule has 0 saturated carbocycles. The van der Waals surface area contributed by atoms with E-state index in [1.807, 2.05) is 42.5 Å². The standard InChI is InChI=1S/C41H27N5.B/c1-3-13-28(14-4-1)35-27-36(43-40(42-35)29-15-5-2-6-16-29)32-19-11-17-30(25-32)31-18-12-20-33(26-31)45-38-23-9-10-24-39(38)46-37-22-8-7-21-34(37)44-41(45)46;/h1-27H;. The van der Waals surface area contributed by atoms with E-state index in [1.165, 1.54) is 0 Å². The third kappa shape index (κ3) is 4.87. The lowest BCUT2D eigenvalue weighted by Crippen LogP contribution is -1.96. The Bertz CT molecular complexity index is 2480. The van der Waals surface area contributed by atoms with Crippen molar-refractivity contribution in [2.45, 2.75) is 0 Å². The molecule has 3 aromatic heterocycles. The Morgan fingerprint density at radius 2 is 0.936 bits per heavy atom. The van der Waals surface area contributed by atoms with Gasteiger partial charge in [-0.05, 0) is 59.7 Å². The Morgan fingerprint density at radius 1 is 0.383 bits per heavy atom. The van der Waals surface area contributed by atoms with Crippen LogP contribution < -0.4 is 0 Å². The first-order valence-corrected chi connectivity index (χ1v) is 15.4. The van der Waals surface area contributed by atoms with Gasteiger partial charge in [0.25, 0.3) is 0 Å². The predicted molar refractivity (Wildman–Crippen MR) is 193 cm³/mol. The maximum absolute atomic E-state index is 5.06. The van der Waals surface area contributed by atoms with Crippen LogP contribution in [-0.4, -0.2) is 32.3 Å². The average molecular weight is 601 g/mol. The summed E-state index contributed by atoms with van der Waals surface area (Å²) in [5.41, 5.74) is 12.5. The quantitative estimate of drug-likeness (QED) is 0.185. The minimum Gasteiger partial charge on any atom is -0.278 e. The molecule has 9 rings (SSSR count). The molecular formula is C41H27BN5. The summed E-state index contributed by atoms with van der Waals surface area (Å²) in [4.78, 5) is 15.1. The van der Waals surface area contributed by atoms with E-state index in [4.69, 9.17) is 15.0 Å². The summed E-state index contributed by atoms with van der Waals surface area (Å²) in [6.45, 7) is 0. The first-order valence-electron chi connectivity index (χ1n) is 15.4. The van der Waals surface area contributed by atoms with Gasteiger partial charge in [-0.15, -0.1) is 0 Å². The lowest BCUT2D eigenvalue weighted by molar-refractivity contribution is 1.11. The predicted octanol–water partition coefficient (Wildman–Crippen LogP) is 9.51. The van der Waals surface area contributed by atoms with Crippen LogP contribution >= 0.6 is 0 Å². The molecule has 0 aliphatic rings. The van der Waals surface area contributed by atoms with Crippen molar-refractivity contribution in [2.75, 3.05) is 0 Å². The van der Waals surface area contributed by atoms with Crippen molar-refractivity contribution in [3.63, 3.8) is 0 Å². The van der Waals surface area contributed by atoms with Crippen LogP contribution in [0, 0.1) is 0 Å². The molecule has 0 amide bonds. The second kappa shape index (κ2) is 11.6. The number of para-hydroxylation sites is 4. The van der Waals surface area contributed by atoms with Crippen molar-refractivity contribution < 1.29 is 0 Å². The minimum atomic E-state index is 0. The van der Waals surface area contributed by atoms with Gasteiger partial charge < -0.3 is 0 Å². The van der Waals surface area contributed by atoms with E-state index >= 15 is 0 Å². The molecule has 0 aliphatic heterocycles. The van der Waals surface area contributed by atoms with Crippen molar-refractivity contribution in [3.8, 4) is 50.7 Å². The second-order valence-corrected chi connectivity index (χ2v) is 11.4. The number of hydrogen-bond donors (Lipinski definition) is 0. The van der Waals surface area contributed by atoms with Crippen molar-refractivity contribution in [1.82, 2.24) is 23.9 Å². The summed E-state index contributed by atoms with van der Waals surface area (Å²) >= 11 is 0. The molecule has 0 spiro atoms. The average Bonchev–Trinajstić information content (AvgIpc) is 3.67. The molecule has 6 heteroatoms. The zero-order chi connectivity index (χ0) is 30.5. The van der Waals surface area contributed by atoms with Gasteiger partial charge in [-0.25, -0.2) is 15.0 Å². The van der Waals surface area contributed by atoms with E-state index < -0.39 is 0 Å². The summed E-state index contributed by atoms with van der Waals surface area (Å²) in [6, 6.07) is 56.7. The maximum Gasteiger partial charge on any atom is 0.220 e. The molecule has 5 nitrogen and oxygen atoms in total. The van der Waals surface area contributed by atoms with Gasteiger partial charge in [0.2, 0.25) is 5.78 Å². The van der Waals surface area contributed by atoms with Gasteiger partial charge in [0.1, 0.15) is 0 Å². The number of nitrogens with zero attached hydrogens (tertiary/aromatic N) is 5. The summed E-state index contributed by atoms with van der Waals surface area (Å²) in [5, 5.41) is 0. The highest BCUT2D eigenvalue weighted by atomic mass is 15.2. The molecule has 3 radical (unpaired) electrons. The highest BCUT2D eigenvalue weighted by Crippen LogP contribution is 2.33. The van der Waals surface area contributed by atoms with E-state index in [0.29, 0.717) is 5.82 Å². The van der Waals surface area contributed by atoms with Gasteiger partial charge in [-0.2, -0.15) is 0 Å². The second-order valence-electron chi connectivity index (χ2n) is 11.4. The SMILES string of the molecule is [B].c1ccc(-c2cc(-c3cccc(-c4cccc(-n5c6ccccc6n6c7ccccc7nc56)c4)c3)nc(-c3ccccc3)n2)cc1. The molecule has 9 aromatic rings. The highest BCUT2D eigenvalue weighted by Gasteiger charge is 2.17. The smallest absolute Gasteiger partial charge is 0.220 e. The summed E-state index contributed by atoms with van der Waals surface area (Å²) in [6.07, 6.45) is 0. The molecule has 6 aromatic carbocycles. The molecule has 0 unspecified atom stereocenters. The van der Waals surface area contributed by atoms with E-state index in [9.17, 15) is 0 Å². The van der Waals surface area contributed by atoms with Crippen LogP contribution in [0.4, 0.5) is 0 Å². The third-order valence-electron chi connectivity index (χ3n) is 8.53. The number of aromatic nitrogens is 5. The Labute approximate surface area is 274 Å². The van der Waals surface area contributed by atoms with Crippen LogP contribution in [-0.2, 0) is 0 Å². The summed E-state index contributed by atoms with van der Waals surface area (Å²) in [7, 11) is 0. The molecule has 0 aliphatic carbocycles. The molecule has 0 fully saturated rings. The van der Waals surface area contributed by atoms with Gasteiger partial charge in [-0.1, -0.05) is 115 Å². The molecule has 3 heterocycles. The molecule has 0 saturated heterocycles. The molecule has 47 heavy (non-hydrogen) atoms. The lowest BCUT2D eigenvalue weighted by atomic mass is 10.00. The van der Waals surface area contributed by atoms with Crippen LogP contribution in [0.5, 0.6) is 0 Å². The molecule has 219 valence electrons. The maximum atomic E-state index is 5.06. The minimum absolute atomic E-state index is 0.